The van der Waals surface area contributed by atoms with E-state index in [0.29, 0.717) is 0 Å². The Morgan fingerprint density at radius 1 is 1.35 bits per heavy atom. The molecule has 0 aromatic carbocycles. The van der Waals surface area contributed by atoms with Gasteiger partial charge in [-0.3, -0.25) is 14.5 Å². The number of aromatic nitrogens is 1. The molecule has 1 aliphatic rings. The lowest BCUT2D eigenvalue weighted by Gasteiger charge is -2.33. The van der Waals surface area contributed by atoms with Crippen molar-refractivity contribution in [2.75, 3.05) is 16.4 Å². The summed E-state index contributed by atoms with van der Waals surface area (Å²) >= 11 is 1.85. The van der Waals surface area contributed by atoms with Crippen molar-refractivity contribution in [2.45, 2.75) is 32.7 Å². The summed E-state index contributed by atoms with van der Waals surface area (Å²) in [6.07, 6.45) is 2.77. The number of anilines is 1. The van der Waals surface area contributed by atoms with Crippen molar-refractivity contribution in [2.24, 2.45) is 0 Å². The van der Waals surface area contributed by atoms with Crippen LogP contribution in [0, 0.1) is 5.82 Å². The zero-order chi connectivity index (χ0) is 14.7. The number of nitrogens with zero attached hydrogens (tertiary/aromatic N) is 2. The van der Waals surface area contributed by atoms with Gasteiger partial charge in [-0.15, -0.1) is 0 Å². The predicted octanol–water partition coefficient (Wildman–Crippen LogP) is 2.67. The Morgan fingerprint density at radius 2 is 2.00 bits per heavy atom. The van der Waals surface area contributed by atoms with Crippen LogP contribution in [0.4, 0.5) is 10.2 Å². The molecule has 0 bridgehead atoms. The molecular weight excluding hydrogens is 279 g/mol. The predicted molar refractivity (Wildman–Crippen MR) is 77.7 cm³/mol. The molecule has 2 heterocycles. The Morgan fingerprint density at radius 3 is 2.55 bits per heavy atom. The zero-order valence-corrected chi connectivity index (χ0v) is 12.4. The van der Waals surface area contributed by atoms with E-state index in [1.807, 2.05) is 11.8 Å². The number of halogens is 1. The van der Waals surface area contributed by atoms with Crippen LogP contribution in [0.5, 0.6) is 0 Å². The van der Waals surface area contributed by atoms with E-state index in [1.54, 1.807) is 4.90 Å². The molecule has 1 aromatic heterocycles. The summed E-state index contributed by atoms with van der Waals surface area (Å²) < 4.78 is 13.3. The number of carbonyl (C=O) groups is 2. The van der Waals surface area contributed by atoms with Crippen molar-refractivity contribution in [3.8, 4) is 0 Å². The highest BCUT2D eigenvalue weighted by Crippen LogP contribution is 2.28. The summed E-state index contributed by atoms with van der Waals surface area (Å²) in [6.45, 7) is 2.81. The number of thioether (sulfide) groups is 1. The SMILES string of the molecule is CC(=O)c1cc(F)cnc1N(C(C)=O)C1CCSCC1. The number of Topliss-reactive ketones (excluding diaryl/α,β-unsaturated/α-hetero) is 1. The molecule has 6 heteroatoms. The minimum Gasteiger partial charge on any atom is -0.294 e. The molecule has 0 saturated carbocycles. The highest BCUT2D eigenvalue weighted by Gasteiger charge is 2.28. The van der Waals surface area contributed by atoms with Crippen LogP contribution in [0.1, 0.15) is 37.0 Å². The molecule has 2 rings (SSSR count). The van der Waals surface area contributed by atoms with Crippen LogP contribution >= 0.6 is 11.8 Å². The van der Waals surface area contributed by atoms with E-state index in [1.165, 1.54) is 13.8 Å². The Labute approximate surface area is 121 Å². The van der Waals surface area contributed by atoms with E-state index in [0.717, 1.165) is 36.6 Å². The average Bonchev–Trinajstić information content (AvgIpc) is 2.41. The van der Waals surface area contributed by atoms with Crippen LogP contribution in [0.2, 0.25) is 0 Å². The van der Waals surface area contributed by atoms with Crippen molar-refractivity contribution >= 4 is 29.3 Å². The second kappa shape index (κ2) is 6.35. The van der Waals surface area contributed by atoms with E-state index >= 15 is 0 Å². The van der Waals surface area contributed by atoms with Gasteiger partial charge in [0.25, 0.3) is 0 Å². The summed E-state index contributed by atoms with van der Waals surface area (Å²) in [5.41, 5.74) is 0.165. The van der Waals surface area contributed by atoms with Gasteiger partial charge in [-0.1, -0.05) is 0 Å². The largest absolute Gasteiger partial charge is 0.294 e. The van der Waals surface area contributed by atoms with E-state index < -0.39 is 5.82 Å². The first-order chi connectivity index (χ1) is 9.50. The maximum absolute atomic E-state index is 13.3. The molecule has 1 amide bonds. The monoisotopic (exact) mass is 296 g/mol. The smallest absolute Gasteiger partial charge is 0.225 e. The number of amides is 1. The normalized spacial score (nSPS) is 15.9. The third-order valence-corrected chi connectivity index (χ3v) is 4.38. The fraction of sp³-hybridized carbons (Fsp3) is 0.500. The van der Waals surface area contributed by atoms with Crippen molar-refractivity contribution in [3.05, 3.63) is 23.6 Å². The summed E-state index contributed by atoms with van der Waals surface area (Å²) in [7, 11) is 0. The van der Waals surface area contributed by atoms with Crippen molar-refractivity contribution in [1.29, 1.82) is 0 Å². The molecule has 1 aliphatic heterocycles. The molecule has 20 heavy (non-hydrogen) atoms. The van der Waals surface area contributed by atoms with Crippen LogP contribution in [0.25, 0.3) is 0 Å². The lowest BCUT2D eigenvalue weighted by molar-refractivity contribution is -0.117. The Hall–Kier alpha value is -1.43. The standard InChI is InChI=1S/C14H17FN2O2S/c1-9(18)13-7-11(15)8-16-14(13)17(10(2)19)12-3-5-20-6-4-12/h7-8,12H,3-6H2,1-2H3. The van der Waals surface area contributed by atoms with Gasteiger partial charge in [-0.25, -0.2) is 9.37 Å². The molecule has 0 spiro atoms. The number of pyridine rings is 1. The molecule has 108 valence electrons. The number of hydrogen-bond donors (Lipinski definition) is 0. The first-order valence-electron chi connectivity index (χ1n) is 6.54. The van der Waals surface area contributed by atoms with Gasteiger partial charge in [0.15, 0.2) is 5.78 Å². The van der Waals surface area contributed by atoms with Gasteiger partial charge in [-0.2, -0.15) is 11.8 Å². The van der Waals surface area contributed by atoms with Gasteiger partial charge >= 0.3 is 0 Å². The van der Waals surface area contributed by atoms with Crippen molar-refractivity contribution < 1.29 is 14.0 Å². The number of hydrogen-bond acceptors (Lipinski definition) is 4. The second-order valence-corrected chi connectivity index (χ2v) is 6.04. The van der Waals surface area contributed by atoms with Crippen LogP contribution in [0.15, 0.2) is 12.3 Å². The molecule has 1 aromatic rings. The van der Waals surface area contributed by atoms with Crippen molar-refractivity contribution in [1.82, 2.24) is 4.98 Å². The number of rotatable bonds is 3. The fourth-order valence-corrected chi connectivity index (χ4v) is 3.49. The second-order valence-electron chi connectivity index (χ2n) is 4.81. The molecule has 1 fully saturated rings. The van der Waals surface area contributed by atoms with Gasteiger partial charge in [0, 0.05) is 13.0 Å². The van der Waals surface area contributed by atoms with E-state index in [9.17, 15) is 14.0 Å². The zero-order valence-electron chi connectivity index (χ0n) is 11.6. The molecular formula is C14H17FN2O2S. The fourth-order valence-electron chi connectivity index (χ4n) is 2.41. The molecule has 0 aliphatic carbocycles. The third kappa shape index (κ3) is 3.17. The Bertz CT molecular complexity index is 530. The van der Waals surface area contributed by atoms with Gasteiger partial charge < -0.3 is 0 Å². The molecule has 0 radical (unpaired) electrons. The Balaban J connectivity index is 2.43. The summed E-state index contributed by atoms with van der Waals surface area (Å²) in [4.78, 5) is 29.2. The van der Waals surface area contributed by atoms with Gasteiger partial charge in [0.05, 0.1) is 11.8 Å². The maximum Gasteiger partial charge on any atom is 0.225 e. The Kier molecular flexibility index (Phi) is 4.75. The van der Waals surface area contributed by atoms with Crippen LogP contribution in [-0.2, 0) is 4.79 Å². The van der Waals surface area contributed by atoms with E-state index in [4.69, 9.17) is 0 Å². The lowest BCUT2D eigenvalue weighted by Crippen LogP contribution is -2.42. The molecule has 1 saturated heterocycles. The van der Waals surface area contributed by atoms with Gasteiger partial charge in [0.2, 0.25) is 5.91 Å². The summed E-state index contributed by atoms with van der Waals surface area (Å²) in [5.74, 6) is 1.22. The average molecular weight is 296 g/mol. The van der Waals surface area contributed by atoms with Crippen LogP contribution in [-0.4, -0.2) is 34.2 Å². The van der Waals surface area contributed by atoms with E-state index in [-0.39, 0.29) is 29.1 Å². The maximum atomic E-state index is 13.3. The number of carbonyl (C=O) groups excluding carboxylic acids is 2. The molecule has 0 atom stereocenters. The summed E-state index contributed by atoms with van der Waals surface area (Å²) in [5, 5.41) is 0. The van der Waals surface area contributed by atoms with Gasteiger partial charge in [0.1, 0.15) is 11.6 Å². The highest BCUT2D eigenvalue weighted by molar-refractivity contribution is 7.99. The summed E-state index contributed by atoms with van der Waals surface area (Å²) in [6, 6.07) is 1.18. The highest BCUT2D eigenvalue weighted by atomic mass is 32.2. The van der Waals surface area contributed by atoms with Crippen LogP contribution < -0.4 is 4.90 Å². The molecule has 4 nitrogen and oxygen atoms in total. The number of ketones is 1. The molecule has 0 N–H and O–H groups in total. The topological polar surface area (TPSA) is 50.3 Å². The first kappa shape index (κ1) is 15.0. The van der Waals surface area contributed by atoms with Crippen LogP contribution in [0.3, 0.4) is 0 Å². The molecule has 0 unspecified atom stereocenters. The minimum atomic E-state index is -0.568. The first-order valence-corrected chi connectivity index (χ1v) is 7.70. The minimum absolute atomic E-state index is 0.0322. The van der Waals surface area contributed by atoms with E-state index in [2.05, 4.69) is 4.98 Å². The third-order valence-electron chi connectivity index (χ3n) is 3.34. The lowest BCUT2D eigenvalue weighted by atomic mass is 10.1. The van der Waals surface area contributed by atoms with Crippen molar-refractivity contribution in [3.63, 3.8) is 0 Å². The van der Waals surface area contributed by atoms with Gasteiger partial charge in [-0.05, 0) is 37.3 Å². The quantitative estimate of drug-likeness (QED) is 0.805.